The predicted octanol–water partition coefficient (Wildman–Crippen LogP) is 2.58. The number of aromatic nitrogens is 3. The van der Waals surface area contributed by atoms with Gasteiger partial charge < -0.3 is 5.73 Å². The van der Waals surface area contributed by atoms with Crippen LogP contribution in [0.4, 0.5) is 0 Å². The topological polar surface area (TPSA) is 80.3 Å². The van der Waals surface area contributed by atoms with Crippen molar-refractivity contribution in [1.82, 2.24) is 24.6 Å². The van der Waals surface area contributed by atoms with Gasteiger partial charge in [0.15, 0.2) is 0 Å². The predicted molar refractivity (Wildman–Crippen MR) is 119 cm³/mol. The first kappa shape index (κ1) is 20.7. The van der Waals surface area contributed by atoms with Crippen molar-refractivity contribution in [2.45, 2.75) is 26.9 Å². The molecule has 4 rings (SSSR count). The van der Waals surface area contributed by atoms with Crippen LogP contribution in [-0.2, 0) is 20.1 Å². The van der Waals surface area contributed by atoms with E-state index in [0.29, 0.717) is 5.56 Å². The number of thiazole rings is 1. The maximum Gasteiger partial charge on any atom is 0.248 e. The van der Waals surface area contributed by atoms with Crippen molar-refractivity contribution in [3.05, 3.63) is 57.9 Å². The molecule has 30 heavy (non-hydrogen) atoms. The quantitative estimate of drug-likeness (QED) is 0.658. The van der Waals surface area contributed by atoms with E-state index in [2.05, 4.69) is 34.1 Å². The Hall–Kier alpha value is -2.55. The first-order chi connectivity index (χ1) is 14.4. The fourth-order valence-electron chi connectivity index (χ4n) is 3.89. The second kappa shape index (κ2) is 8.67. The number of carbonyl (C=O) groups excluding carboxylic acids is 1. The van der Waals surface area contributed by atoms with Gasteiger partial charge in [0, 0.05) is 74.1 Å². The van der Waals surface area contributed by atoms with Crippen LogP contribution in [0.2, 0.25) is 0 Å². The molecule has 3 aromatic rings. The summed E-state index contributed by atoms with van der Waals surface area (Å²) in [6.45, 7) is 10.3. The lowest BCUT2D eigenvalue weighted by Crippen LogP contribution is -2.45. The number of nitrogens with two attached hydrogens (primary N) is 1. The molecule has 1 fully saturated rings. The van der Waals surface area contributed by atoms with Crippen LogP contribution >= 0.6 is 11.3 Å². The van der Waals surface area contributed by atoms with Crippen LogP contribution in [0.25, 0.3) is 10.6 Å². The SMILES string of the molecule is Cc1nn(C)c(C)c1CN1CCN(Cc2csc(-c3ccc(C(N)=O)cc3)n2)CC1. The Labute approximate surface area is 181 Å². The fourth-order valence-corrected chi connectivity index (χ4v) is 4.71. The number of amides is 1. The van der Waals surface area contributed by atoms with Crippen molar-refractivity contribution >= 4 is 17.2 Å². The van der Waals surface area contributed by atoms with Gasteiger partial charge in [-0.1, -0.05) is 12.1 Å². The van der Waals surface area contributed by atoms with Crippen LogP contribution in [0, 0.1) is 13.8 Å². The molecule has 1 amide bonds. The molecule has 0 bridgehead atoms. The highest BCUT2D eigenvalue weighted by atomic mass is 32.1. The monoisotopic (exact) mass is 424 g/mol. The molecule has 0 unspecified atom stereocenters. The first-order valence-corrected chi connectivity index (χ1v) is 11.1. The highest BCUT2D eigenvalue weighted by Crippen LogP contribution is 2.25. The molecule has 1 aliphatic heterocycles. The minimum atomic E-state index is -0.408. The minimum absolute atomic E-state index is 0.408. The summed E-state index contributed by atoms with van der Waals surface area (Å²) >= 11 is 1.64. The molecule has 7 nitrogen and oxygen atoms in total. The maximum absolute atomic E-state index is 11.2. The summed E-state index contributed by atoms with van der Waals surface area (Å²) in [6.07, 6.45) is 0. The molecular weight excluding hydrogens is 396 g/mol. The van der Waals surface area contributed by atoms with Crippen molar-refractivity contribution < 1.29 is 4.79 Å². The number of rotatable bonds is 6. The Morgan fingerprint density at radius 1 is 1.07 bits per heavy atom. The van der Waals surface area contributed by atoms with Gasteiger partial charge in [-0.15, -0.1) is 11.3 Å². The molecular formula is C22H28N6OS. The van der Waals surface area contributed by atoms with Crippen LogP contribution in [0.15, 0.2) is 29.6 Å². The summed E-state index contributed by atoms with van der Waals surface area (Å²) < 4.78 is 1.97. The number of hydrogen-bond donors (Lipinski definition) is 1. The van der Waals surface area contributed by atoms with E-state index in [1.54, 1.807) is 23.5 Å². The zero-order valence-electron chi connectivity index (χ0n) is 17.8. The maximum atomic E-state index is 11.2. The van der Waals surface area contributed by atoms with Crippen LogP contribution in [-0.4, -0.2) is 56.7 Å². The number of piperazine rings is 1. The Bertz CT molecular complexity index is 1030. The lowest BCUT2D eigenvalue weighted by atomic mass is 10.1. The van der Waals surface area contributed by atoms with Crippen molar-refractivity contribution in [3.8, 4) is 10.6 Å². The standard InChI is InChI=1S/C22H28N6OS/c1-15-20(16(2)26(3)25-15)13-28-10-8-27(9-11-28)12-19-14-30-22(24-19)18-6-4-17(5-7-18)21(23)29/h4-7,14H,8-13H2,1-3H3,(H2,23,29). The Balaban J connectivity index is 1.32. The Morgan fingerprint density at radius 3 is 2.27 bits per heavy atom. The van der Waals surface area contributed by atoms with E-state index >= 15 is 0 Å². The van der Waals surface area contributed by atoms with Gasteiger partial charge in [-0.25, -0.2) is 4.98 Å². The molecule has 0 aliphatic carbocycles. The summed E-state index contributed by atoms with van der Waals surface area (Å²) in [6, 6.07) is 7.32. The zero-order chi connectivity index (χ0) is 21.3. The van der Waals surface area contributed by atoms with Crippen LogP contribution < -0.4 is 5.73 Å². The Morgan fingerprint density at radius 2 is 1.70 bits per heavy atom. The van der Waals surface area contributed by atoms with E-state index in [4.69, 9.17) is 10.7 Å². The lowest BCUT2D eigenvalue weighted by Gasteiger charge is -2.34. The van der Waals surface area contributed by atoms with Crippen molar-refractivity contribution in [2.24, 2.45) is 12.8 Å². The highest BCUT2D eigenvalue weighted by Gasteiger charge is 2.20. The first-order valence-electron chi connectivity index (χ1n) is 10.2. The molecule has 3 heterocycles. The summed E-state index contributed by atoms with van der Waals surface area (Å²) in [5.74, 6) is -0.408. The highest BCUT2D eigenvalue weighted by molar-refractivity contribution is 7.13. The van der Waals surface area contributed by atoms with Gasteiger partial charge in [-0.3, -0.25) is 19.3 Å². The molecule has 1 aliphatic rings. The van der Waals surface area contributed by atoms with Gasteiger partial charge in [0.1, 0.15) is 5.01 Å². The van der Waals surface area contributed by atoms with E-state index in [1.165, 1.54) is 11.3 Å². The van der Waals surface area contributed by atoms with Gasteiger partial charge >= 0.3 is 0 Å². The number of primary amides is 1. The average Bonchev–Trinajstić information content (AvgIpc) is 3.29. The summed E-state index contributed by atoms with van der Waals surface area (Å²) in [5, 5.41) is 7.64. The van der Waals surface area contributed by atoms with Crippen molar-refractivity contribution in [1.29, 1.82) is 0 Å². The van der Waals surface area contributed by atoms with Crippen molar-refractivity contribution in [3.63, 3.8) is 0 Å². The van der Waals surface area contributed by atoms with Gasteiger partial charge in [0.25, 0.3) is 0 Å². The second-order valence-electron chi connectivity index (χ2n) is 7.91. The zero-order valence-corrected chi connectivity index (χ0v) is 18.6. The number of hydrogen-bond acceptors (Lipinski definition) is 6. The third-order valence-corrected chi connectivity index (χ3v) is 6.80. The van der Waals surface area contributed by atoms with E-state index < -0.39 is 5.91 Å². The smallest absolute Gasteiger partial charge is 0.248 e. The molecule has 0 radical (unpaired) electrons. The molecule has 0 spiro atoms. The lowest BCUT2D eigenvalue weighted by molar-refractivity contribution is 0.100. The van der Waals surface area contributed by atoms with E-state index in [9.17, 15) is 4.79 Å². The van der Waals surface area contributed by atoms with Crippen molar-refractivity contribution in [2.75, 3.05) is 26.2 Å². The third kappa shape index (κ3) is 4.45. The normalized spacial score (nSPS) is 15.6. The molecule has 1 saturated heterocycles. The van der Waals surface area contributed by atoms with Crippen LogP contribution in [0.1, 0.15) is 33.0 Å². The van der Waals surface area contributed by atoms with Gasteiger partial charge in [-0.2, -0.15) is 5.10 Å². The molecule has 0 atom stereocenters. The molecule has 2 aromatic heterocycles. The molecule has 2 N–H and O–H groups in total. The molecule has 8 heteroatoms. The Kier molecular flexibility index (Phi) is 5.99. The number of carbonyl (C=O) groups is 1. The van der Waals surface area contributed by atoms with Crippen LogP contribution in [0.3, 0.4) is 0 Å². The third-order valence-electron chi connectivity index (χ3n) is 5.86. The van der Waals surface area contributed by atoms with E-state index in [1.807, 2.05) is 23.9 Å². The minimum Gasteiger partial charge on any atom is -0.366 e. The largest absolute Gasteiger partial charge is 0.366 e. The number of aryl methyl sites for hydroxylation is 2. The second-order valence-corrected chi connectivity index (χ2v) is 8.77. The molecule has 0 saturated carbocycles. The number of benzene rings is 1. The number of nitrogens with zero attached hydrogens (tertiary/aromatic N) is 5. The van der Waals surface area contributed by atoms with Gasteiger partial charge in [-0.05, 0) is 26.0 Å². The average molecular weight is 425 g/mol. The summed E-state index contributed by atoms with van der Waals surface area (Å²) in [5.41, 5.74) is 11.7. The van der Waals surface area contributed by atoms with Gasteiger partial charge in [0.05, 0.1) is 11.4 Å². The van der Waals surface area contributed by atoms with E-state index in [0.717, 1.165) is 61.2 Å². The van der Waals surface area contributed by atoms with Crippen LogP contribution in [0.5, 0.6) is 0 Å². The van der Waals surface area contributed by atoms with E-state index in [-0.39, 0.29) is 0 Å². The molecule has 1 aromatic carbocycles. The molecule has 158 valence electrons. The summed E-state index contributed by atoms with van der Waals surface area (Å²) in [4.78, 5) is 21.0. The van der Waals surface area contributed by atoms with Gasteiger partial charge in [0.2, 0.25) is 5.91 Å². The summed E-state index contributed by atoms with van der Waals surface area (Å²) in [7, 11) is 2.01. The fraction of sp³-hybridized carbons (Fsp3) is 0.409.